The number of nitrogens with zero attached hydrogens (tertiary/aromatic N) is 1. The molecular weight excluding hydrogens is 430 g/mol. The summed E-state index contributed by atoms with van der Waals surface area (Å²) in [6, 6.07) is 9.14. The predicted octanol–water partition coefficient (Wildman–Crippen LogP) is 4.58. The van der Waals surface area contributed by atoms with Crippen LogP contribution < -0.4 is 10.5 Å². The van der Waals surface area contributed by atoms with Crippen molar-refractivity contribution in [2.24, 2.45) is 0 Å². The molecule has 0 amide bonds. The second-order valence-electron chi connectivity index (χ2n) is 7.15. The zero-order valence-electron chi connectivity index (χ0n) is 16.3. The predicted molar refractivity (Wildman–Crippen MR) is 110 cm³/mol. The van der Waals surface area contributed by atoms with Crippen LogP contribution in [0.15, 0.2) is 34.8 Å². The van der Waals surface area contributed by atoms with Gasteiger partial charge in [-0.05, 0) is 48.2 Å². The lowest BCUT2D eigenvalue weighted by Crippen LogP contribution is -2.45. The van der Waals surface area contributed by atoms with Gasteiger partial charge in [-0.1, -0.05) is 28.1 Å². The molecule has 1 unspecified atom stereocenters. The molecule has 1 atom stereocenters. The van der Waals surface area contributed by atoms with Gasteiger partial charge in [-0.2, -0.15) is 0 Å². The van der Waals surface area contributed by atoms with Crippen molar-refractivity contribution in [2.45, 2.75) is 25.3 Å². The zero-order valence-corrected chi connectivity index (χ0v) is 17.9. The third kappa shape index (κ3) is 4.16. The molecule has 0 aliphatic carbocycles. The second-order valence-corrected chi connectivity index (χ2v) is 8.06. The summed E-state index contributed by atoms with van der Waals surface area (Å²) in [4.78, 5) is 1.81. The van der Waals surface area contributed by atoms with E-state index in [1.165, 1.54) is 7.11 Å². The number of rotatable bonds is 6. The summed E-state index contributed by atoms with van der Waals surface area (Å²) in [5, 5.41) is 0. The summed E-state index contributed by atoms with van der Waals surface area (Å²) in [5.74, 6) is -2.29. The van der Waals surface area contributed by atoms with Gasteiger partial charge in [0.1, 0.15) is 12.4 Å². The monoisotopic (exact) mass is 454 g/mol. The van der Waals surface area contributed by atoms with E-state index in [0.717, 1.165) is 32.4 Å². The van der Waals surface area contributed by atoms with Crippen molar-refractivity contribution in [3.8, 4) is 5.75 Å². The minimum absolute atomic E-state index is 0.353. The Hall–Kier alpha value is -1.70. The van der Waals surface area contributed by atoms with Crippen molar-refractivity contribution in [1.29, 1.82) is 0 Å². The highest BCUT2D eigenvalue weighted by molar-refractivity contribution is 9.10. The number of anilines is 1. The second kappa shape index (κ2) is 8.35. The third-order valence-electron chi connectivity index (χ3n) is 5.27. The molecule has 1 aliphatic rings. The van der Waals surface area contributed by atoms with Gasteiger partial charge >= 0.3 is 0 Å². The Labute approximate surface area is 172 Å². The van der Waals surface area contributed by atoms with Gasteiger partial charge in [0.15, 0.2) is 0 Å². The van der Waals surface area contributed by atoms with Crippen molar-refractivity contribution < 1.29 is 18.3 Å². The van der Waals surface area contributed by atoms with Crippen molar-refractivity contribution in [3.05, 3.63) is 57.1 Å². The van der Waals surface area contributed by atoms with E-state index in [2.05, 4.69) is 15.9 Å². The van der Waals surface area contributed by atoms with Crippen LogP contribution in [0.3, 0.4) is 0 Å². The molecule has 2 aromatic carbocycles. The van der Waals surface area contributed by atoms with Crippen LogP contribution in [0.5, 0.6) is 5.75 Å². The van der Waals surface area contributed by atoms with Crippen LogP contribution in [0.25, 0.3) is 0 Å². The minimum atomic E-state index is -2.95. The number of fused-ring (bicyclic) bond motifs is 1. The maximum atomic E-state index is 14.4. The highest BCUT2D eigenvalue weighted by atomic mass is 79.9. The Bertz CT molecular complexity index is 861. The zero-order chi connectivity index (χ0) is 20.5. The average molecular weight is 455 g/mol. The van der Waals surface area contributed by atoms with Gasteiger partial charge in [-0.25, -0.2) is 8.78 Å². The van der Waals surface area contributed by atoms with Gasteiger partial charge in [0.2, 0.25) is 0 Å². The molecule has 0 spiro atoms. The van der Waals surface area contributed by atoms with Gasteiger partial charge in [-0.3, -0.25) is 4.90 Å². The first-order valence-corrected chi connectivity index (χ1v) is 9.89. The molecule has 0 saturated heterocycles. The molecule has 0 aromatic heterocycles. The summed E-state index contributed by atoms with van der Waals surface area (Å²) in [6.07, 6.45) is 0.671. The van der Waals surface area contributed by atoms with E-state index in [1.807, 2.05) is 42.2 Å². The van der Waals surface area contributed by atoms with E-state index in [-0.39, 0.29) is 6.04 Å². The van der Waals surface area contributed by atoms with E-state index >= 15 is 0 Å². The van der Waals surface area contributed by atoms with Crippen molar-refractivity contribution in [2.75, 3.05) is 39.6 Å². The quantitative estimate of drug-likeness (QED) is 0.649. The fraction of sp³-hybridized carbons (Fsp3) is 0.429. The lowest BCUT2D eigenvalue weighted by molar-refractivity contribution is -0.0894. The van der Waals surface area contributed by atoms with E-state index in [4.69, 9.17) is 15.2 Å². The van der Waals surface area contributed by atoms with E-state index in [0.29, 0.717) is 18.7 Å². The van der Waals surface area contributed by atoms with Crippen molar-refractivity contribution >= 4 is 21.6 Å². The van der Waals surface area contributed by atoms with Crippen LogP contribution in [0.1, 0.15) is 28.3 Å². The Morgan fingerprint density at radius 1 is 1.21 bits per heavy atom. The van der Waals surface area contributed by atoms with E-state index < -0.39 is 19.1 Å². The molecule has 28 heavy (non-hydrogen) atoms. The summed E-state index contributed by atoms with van der Waals surface area (Å²) in [6.45, 7) is 1.48. The summed E-state index contributed by atoms with van der Waals surface area (Å²) in [5.41, 5.74) is 10.8. The van der Waals surface area contributed by atoms with Gasteiger partial charge in [0, 0.05) is 29.4 Å². The lowest BCUT2D eigenvalue weighted by Gasteiger charge is -2.40. The van der Waals surface area contributed by atoms with E-state index in [9.17, 15) is 8.78 Å². The minimum Gasteiger partial charge on any atom is -0.496 e. The number of methoxy groups -OCH3 is 2. The van der Waals surface area contributed by atoms with Crippen LogP contribution >= 0.6 is 15.9 Å². The average Bonchev–Trinajstić information content (AvgIpc) is 2.64. The Balaban J connectivity index is 2.13. The molecule has 2 aromatic rings. The van der Waals surface area contributed by atoms with Crippen LogP contribution in [-0.2, 0) is 11.2 Å². The van der Waals surface area contributed by atoms with Crippen LogP contribution in [0, 0.1) is 6.92 Å². The summed E-state index contributed by atoms with van der Waals surface area (Å²) in [7, 11) is 2.88. The normalized spacial score (nSPS) is 17.4. The number of alkyl halides is 2. The standard InChI is InChI=1S/C21H25BrF2N2O2/c1-13-15-8-9-26(11-21(23,24)12-27-2)20(16(15)6-7-18(13)25)17-5-4-14(22)10-19(17)28-3/h4-7,10,20H,8-9,11-12,25H2,1-3H3. The Morgan fingerprint density at radius 3 is 2.61 bits per heavy atom. The number of halogens is 3. The maximum absolute atomic E-state index is 14.4. The summed E-state index contributed by atoms with van der Waals surface area (Å²) >= 11 is 3.45. The molecule has 0 fully saturated rings. The molecule has 4 nitrogen and oxygen atoms in total. The highest BCUT2D eigenvalue weighted by Gasteiger charge is 2.39. The molecule has 152 valence electrons. The number of nitrogens with two attached hydrogens (primary N) is 1. The van der Waals surface area contributed by atoms with Crippen molar-refractivity contribution in [3.63, 3.8) is 0 Å². The van der Waals surface area contributed by atoms with Gasteiger partial charge in [0.25, 0.3) is 5.92 Å². The first-order valence-electron chi connectivity index (χ1n) is 9.09. The molecule has 7 heteroatoms. The fourth-order valence-corrected chi connectivity index (χ4v) is 4.30. The van der Waals surface area contributed by atoms with Gasteiger partial charge < -0.3 is 15.2 Å². The number of nitrogen functional groups attached to an aromatic ring is 1. The Morgan fingerprint density at radius 2 is 1.93 bits per heavy atom. The first-order chi connectivity index (χ1) is 13.3. The molecular formula is C21H25BrF2N2O2. The molecule has 1 heterocycles. The van der Waals surface area contributed by atoms with Gasteiger partial charge in [-0.15, -0.1) is 0 Å². The largest absolute Gasteiger partial charge is 0.496 e. The number of hydrogen-bond donors (Lipinski definition) is 1. The van der Waals surface area contributed by atoms with Crippen LogP contribution in [0.2, 0.25) is 0 Å². The fourth-order valence-electron chi connectivity index (χ4n) is 3.96. The van der Waals surface area contributed by atoms with Crippen molar-refractivity contribution in [1.82, 2.24) is 4.90 Å². The number of hydrogen-bond acceptors (Lipinski definition) is 4. The molecule has 1 aliphatic heterocycles. The molecule has 3 rings (SSSR count). The highest BCUT2D eigenvalue weighted by Crippen LogP contribution is 2.42. The summed E-state index contributed by atoms with van der Waals surface area (Å²) < 4.78 is 40.1. The maximum Gasteiger partial charge on any atom is 0.283 e. The van der Waals surface area contributed by atoms with E-state index in [1.54, 1.807) is 7.11 Å². The smallest absolute Gasteiger partial charge is 0.283 e. The third-order valence-corrected chi connectivity index (χ3v) is 5.76. The van der Waals surface area contributed by atoms with Crippen LogP contribution in [0.4, 0.5) is 14.5 Å². The molecule has 0 saturated carbocycles. The number of benzene rings is 2. The molecule has 0 radical (unpaired) electrons. The first kappa shape index (κ1) is 21.0. The van der Waals surface area contributed by atoms with Gasteiger partial charge in [0.05, 0.1) is 19.7 Å². The number of ether oxygens (including phenoxy) is 2. The molecule has 2 N–H and O–H groups in total. The molecule has 0 bridgehead atoms. The lowest BCUT2D eigenvalue weighted by atomic mass is 9.84. The topological polar surface area (TPSA) is 47.7 Å². The van der Waals surface area contributed by atoms with Crippen LogP contribution in [-0.4, -0.2) is 44.7 Å². The Kier molecular flexibility index (Phi) is 6.27. The SMILES string of the molecule is COCC(F)(F)CN1CCc2c(ccc(N)c2C)C1c1ccc(Br)cc1OC.